The number of hydrogen-bond acceptors (Lipinski definition) is 5. The normalized spacial score (nSPS) is 17.2. The summed E-state index contributed by atoms with van der Waals surface area (Å²) < 4.78 is 24.5. The van der Waals surface area contributed by atoms with Crippen LogP contribution in [0, 0.1) is 12.7 Å². The van der Waals surface area contributed by atoms with Crippen LogP contribution in [0.1, 0.15) is 29.7 Å². The zero-order valence-corrected chi connectivity index (χ0v) is 19.0. The molecule has 6 nitrogen and oxygen atoms in total. The molecule has 1 saturated heterocycles. The maximum absolute atomic E-state index is 13.7. The number of ether oxygens (including phenoxy) is 2. The molecule has 0 radical (unpaired) electrons. The number of nitrogens with zero attached hydrogens (tertiary/aromatic N) is 1. The van der Waals surface area contributed by atoms with E-state index in [9.17, 15) is 19.1 Å². The van der Waals surface area contributed by atoms with Crippen molar-refractivity contribution in [3.63, 3.8) is 0 Å². The van der Waals surface area contributed by atoms with Crippen LogP contribution in [0.2, 0.25) is 0 Å². The lowest BCUT2D eigenvalue weighted by molar-refractivity contribution is -0.132. The standard InChI is InChI=1S/C27H24FNO5/c1-4-34-22-13-10-18(14-16(22)2)25(30)23-24(17-8-11-19(28)12-9-17)29(27(32)26(23)31)20-6-5-7-21(15-20)33-3/h5-15,24,30H,4H2,1-3H3/b25-23+. The number of hydrogen-bond donors (Lipinski definition) is 1. The van der Waals surface area contributed by atoms with Crippen molar-refractivity contribution in [3.8, 4) is 11.5 Å². The SMILES string of the molecule is CCOc1ccc(/C(O)=C2\C(=O)C(=O)N(c3cccc(OC)c3)C2c2ccc(F)cc2)cc1C. The maximum atomic E-state index is 13.7. The van der Waals surface area contributed by atoms with E-state index in [-0.39, 0.29) is 11.3 Å². The topological polar surface area (TPSA) is 76.1 Å². The molecule has 7 heteroatoms. The minimum atomic E-state index is -0.959. The van der Waals surface area contributed by atoms with Crippen molar-refractivity contribution < 1.29 is 28.6 Å². The highest BCUT2D eigenvalue weighted by Gasteiger charge is 2.47. The van der Waals surface area contributed by atoms with E-state index in [1.54, 1.807) is 42.5 Å². The molecule has 1 unspecified atom stereocenters. The first-order valence-electron chi connectivity index (χ1n) is 10.8. The number of halogens is 1. The molecule has 0 spiro atoms. The Morgan fingerprint density at radius 2 is 1.79 bits per heavy atom. The lowest BCUT2D eigenvalue weighted by atomic mass is 9.94. The Morgan fingerprint density at radius 3 is 2.44 bits per heavy atom. The smallest absolute Gasteiger partial charge is 0.300 e. The van der Waals surface area contributed by atoms with Gasteiger partial charge in [-0.1, -0.05) is 18.2 Å². The Labute approximate surface area is 196 Å². The Morgan fingerprint density at radius 1 is 1.06 bits per heavy atom. The van der Waals surface area contributed by atoms with Crippen molar-refractivity contribution in [3.05, 3.63) is 94.8 Å². The number of rotatable bonds is 6. The molecule has 0 saturated carbocycles. The van der Waals surface area contributed by atoms with E-state index in [2.05, 4.69) is 0 Å². The van der Waals surface area contributed by atoms with Crippen molar-refractivity contribution >= 4 is 23.1 Å². The van der Waals surface area contributed by atoms with E-state index < -0.39 is 23.5 Å². The Hall–Kier alpha value is -4.13. The third-order valence-corrected chi connectivity index (χ3v) is 5.71. The van der Waals surface area contributed by atoms with Gasteiger partial charge >= 0.3 is 0 Å². The van der Waals surface area contributed by atoms with E-state index in [0.29, 0.717) is 34.9 Å². The molecule has 1 heterocycles. The number of methoxy groups -OCH3 is 1. The van der Waals surface area contributed by atoms with Crippen molar-refractivity contribution in [1.29, 1.82) is 0 Å². The van der Waals surface area contributed by atoms with Crippen molar-refractivity contribution in [2.45, 2.75) is 19.9 Å². The third-order valence-electron chi connectivity index (χ3n) is 5.71. The van der Waals surface area contributed by atoms with Crippen molar-refractivity contribution in [2.75, 3.05) is 18.6 Å². The number of carbonyl (C=O) groups is 2. The highest BCUT2D eigenvalue weighted by atomic mass is 19.1. The molecule has 3 aromatic carbocycles. The second-order valence-corrected chi connectivity index (χ2v) is 7.84. The van der Waals surface area contributed by atoms with Crippen LogP contribution >= 0.6 is 0 Å². The van der Waals surface area contributed by atoms with Gasteiger partial charge in [0.05, 0.1) is 25.3 Å². The number of benzene rings is 3. The zero-order chi connectivity index (χ0) is 24.4. The fourth-order valence-electron chi connectivity index (χ4n) is 4.09. The summed E-state index contributed by atoms with van der Waals surface area (Å²) >= 11 is 0. The average Bonchev–Trinajstić information content (AvgIpc) is 3.11. The molecule has 0 aromatic heterocycles. The summed E-state index contributed by atoms with van der Waals surface area (Å²) in [7, 11) is 1.50. The van der Waals surface area contributed by atoms with Gasteiger partial charge in [0.2, 0.25) is 0 Å². The number of aliphatic hydroxyl groups excluding tert-OH is 1. The summed E-state index contributed by atoms with van der Waals surface area (Å²) in [5, 5.41) is 11.2. The zero-order valence-electron chi connectivity index (χ0n) is 19.0. The van der Waals surface area contributed by atoms with E-state index in [4.69, 9.17) is 9.47 Å². The number of carbonyl (C=O) groups excluding carboxylic acids is 2. The van der Waals surface area contributed by atoms with Crippen LogP contribution in [0.25, 0.3) is 5.76 Å². The predicted molar refractivity (Wildman–Crippen MR) is 127 cm³/mol. The first-order chi connectivity index (χ1) is 16.3. The molecule has 1 fully saturated rings. The Balaban J connectivity index is 1.91. The van der Waals surface area contributed by atoms with Crippen LogP contribution in [0.15, 0.2) is 72.3 Å². The van der Waals surface area contributed by atoms with Gasteiger partial charge in [0.15, 0.2) is 0 Å². The lowest BCUT2D eigenvalue weighted by Crippen LogP contribution is -2.29. The second-order valence-electron chi connectivity index (χ2n) is 7.84. The fourth-order valence-corrected chi connectivity index (χ4v) is 4.09. The van der Waals surface area contributed by atoms with Gasteiger partial charge in [-0.3, -0.25) is 14.5 Å². The molecule has 34 heavy (non-hydrogen) atoms. The van der Waals surface area contributed by atoms with Gasteiger partial charge in [-0.2, -0.15) is 0 Å². The maximum Gasteiger partial charge on any atom is 0.300 e. The Bertz CT molecular complexity index is 1280. The summed E-state index contributed by atoms with van der Waals surface area (Å²) in [6, 6.07) is 16.3. The molecule has 1 aliphatic rings. The van der Waals surface area contributed by atoms with E-state index >= 15 is 0 Å². The number of ketones is 1. The van der Waals surface area contributed by atoms with Crippen LogP contribution in [0.5, 0.6) is 11.5 Å². The summed E-state index contributed by atoms with van der Waals surface area (Å²) in [6.07, 6.45) is 0. The minimum Gasteiger partial charge on any atom is -0.507 e. The van der Waals surface area contributed by atoms with Crippen LogP contribution < -0.4 is 14.4 Å². The summed E-state index contributed by atoms with van der Waals surface area (Å²) in [5.74, 6) is -1.24. The third kappa shape index (κ3) is 4.12. The lowest BCUT2D eigenvalue weighted by Gasteiger charge is -2.25. The van der Waals surface area contributed by atoms with Crippen LogP contribution in [0.4, 0.5) is 10.1 Å². The summed E-state index contributed by atoms with van der Waals surface area (Å²) in [5.41, 5.74) is 1.95. The monoisotopic (exact) mass is 461 g/mol. The van der Waals surface area contributed by atoms with Gasteiger partial charge in [-0.15, -0.1) is 0 Å². The van der Waals surface area contributed by atoms with Gasteiger partial charge in [-0.25, -0.2) is 4.39 Å². The molecule has 3 aromatic rings. The number of aliphatic hydroxyl groups is 1. The molecular weight excluding hydrogens is 437 g/mol. The van der Waals surface area contributed by atoms with Crippen LogP contribution in [0.3, 0.4) is 0 Å². The highest BCUT2D eigenvalue weighted by molar-refractivity contribution is 6.51. The summed E-state index contributed by atoms with van der Waals surface area (Å²) in [4.78, 5) is 27.7. The quantitative estimate of drug-likeness (QED) is 0.312. The minimum absolute atomic E-state index is 0.0806. The number of amides is 1. The summed E-state index contributed by atoms with van der Waals surface area (Å²) in [6.45, 7) is 4.19. The van der Waals surface area contributed by atoms with Gasteiger partial charge in [0.1, 0.15) is 23.1 Å². The number of anilines is 1. The van der Waals surface area contributed by atoms with Crippen LogP contribution in [-0.2, 0) is 9.59 Å². The van der Waals surface area contributed by atoms with Gasteiger partial charge in [0.25, 0.3) is 11.7 Å². The fraction of sp³-hybridized carbons (Fsp3) is 0.185. The Kier molecular flexibility index (Phi) is 6.36. The molecule has 1 aliphatic heterocycles. The molecule has 1 N–H and O–H groups in total. The highest BCUT2D eigenvalue weighted by Crippen LogP contribution is 2.43. The molecule has 0 bridgehead atoms. The molecule has 1 atom stereocenters. The van der Waals surface area contributed by atoms with E-state index in [1.807, 2.05) is 13.8 Å². The van der Waals surface area contributed by atoms with Crippen LogP contribution in [-0.4, -0.2) is 30.5 Å². The van der Waals surface area contributed by atoms with E-state index in [0.717, 1.165) is 5.56 Å². The predicted octanol–water partition coefficient (Wildman–Crippen LogP) is 5.17. The van der Waals surface area contributed by atoms with Gasteiger partial charge in [0, 0.05) is 17.3 Å². The number of aryl methyl sites for hydroxylation is 1. The molecule has 174 valence electrons. The second kappa shape index (κ2) is 9.39. The van der Waals surface area contributed by atoms with Gasteiger partial charge in [-0.05, 0) is 67.4 Å². The molecule has 1 amide bonds. The molecule has 0 aliphatic carbocycles. The first-order valence-corrected chi connectivity index (χ1v) is 10.8. The van der Waals surface area contributed by atoms with Gasteiger partial charge < -0.3 is 14.6 Å². The molecule has 4 rings (SSSR count). The number of Topliss-reactive ketones (excluding diaryl/α,β-unsaturated/α-hetero) is 1. The average molecular weight is 461 g/mol. The van der Waals surface area contributed by atoms with Crippen molar-refractivity contribution in [1.82, 2.24) is 0 Å². The first kappa shape index (κ1) is 23.0. The largest absolute Gasteiger partial charge is 0.507 e. The molecular formula is C27H24FNO5. The van der Waals surface area contributed by atoms with E-state index in [1.165, 1.54) is 36.3 Å². The van der Waals surface area contributed by atoms with Crippen molar-refractivity contribution in [2.24, 2.45) is 0 Å².